The van der Waals surface area contributed by atoms with E-state index in [9.17, 15) is 5.21 Å². The van der Waals surface area contributed by atoms with Crippen molar-refractivity contribution in [2.24, 2.45) is 18.7 Å². The van der Waals surface area contributed by atoms with E-state index in [1.165, 1.54) is 37.8 Å². The summed E-state index contributed by atoms with van der Waals surface area (Å²) >= 11 is 0. The number of benzene rings is 2. The summed E-state index contributed by atoms with van der Waals surface area (Å²) in [5.74, 6) is 0.493. The predicted octanol–water partition coefficient (Wildman–Crippen LogP) is 5.03. The minimum Gasteiger partial charge on any atom is -0.429 e. The van der Waals surface area contributed by atoms with E-state index in [-0.39, 0.29) is 0 Å². The average Bonchev–Trinajstić information content (AvgIpc) is 3.44. The second-order valence-electron chi connectivity index (χ2n) is 8.72. The van der Waals surface area contributed by atoms with E-state index >= 15 is 0 Å². The van der Waals surface area contributed by atoms with Crippen LogP contribution in [0.1, 0.15) is 12.1 Å². The largest absolute Gasteiger partial charge is 0.429 e. The van der Waals surface area contributed by atoms with Gasteiger partial charge in [-0.2, -0.15) is 0 Å². The van der Waals surface area contributed by atoms with Crippen molar-refractivity contribution in [2.45, 2.75) is 19.4 Å². The number of aromatic nitrogens is 3. The van der Waals surface area contributed by atoms with Crippen LogP contribution in [0.4, 0.5) is 0 Å². The number of aryl methyl sites for hydroxylation is 2. The molecular weight excluding hydrogens is 384 g/mol. The molecule has 1 aliphatic heterocycles. The van der Waals surface area contributed by atoms with Gasteiger partial charge in [-0.05, 0) is 37.4 Å². The molecule has 5 heteroatoms. The lowest BCUT2D eigenvalue weighted by Crippen LogP contribution is -2.25. The van der Waals surface area contributed by atoms with Crippen LogP contribution in [-0.4, -0.2) is 25.6 Å². The van der Waals surface area contributed by atoms with Crippen LogP contribution in [0.5, 0.6) is 0 Å². The molecule has 0 spiro atoms. The van der Waals surface area contributed by atoms with Crippen molar-refractivity contribution >= 4 is 21.8 Å². The van der Waals surface area contributed by atoms with Gasteiger partial charge in [0.1, 0.15) is 0 Å². The van der Waals surface area contributed by atoms with Gasteiger partial charge in [-0.3, -0.25) is 0 Å². The maximum atomic E-state index is 10.5. The highest BCUT2D eigenvalue weighted by molar-refractivity contribution is 6.06. The Bertz CT molecular complexity index is 1430. The van der Waals surface area contributed by atoms with Crippen molar-refractivity contribution in [2.75, 3.05) is 6.54 Å². The summed E-state index contributed by atoms with van der Waals surface area (Å²) in [7, 11) is 2.07. The minimum atomic E-state index is 0.493. The highest BCUT2D eigenvalue weighted by Gasteiger charge is 2.27. The summed E-state index contributed by atoms with van der Waals surface area (Å²) in [6.07, 6.45) is 7.92. The van der Waals surface area contributed by atoms with Gasteiger partial charge >= 0.3 is 0 Å². The molecule has 1 unspecified atom stereocenters. The fourth-order valence-corrected chi connectivity index (χ4v) is 5.42. The monoisotopic (exact) mass is 410 g/mol. The molecule has 0 aliphatic carbocycles. The molecule has 156 valence electrons. The third-order valence-corrected chi connectivity index (χ3v) is 6.92. The SMILES string of the molecule is Cn1cc(-c2cn(O)cc2-c2c3n(c4ccccc24)CCC(CN)C3)c2ccccc21. The van der Waals surface area contributed by atoms with Crippen LogP contribution in [0, 0.1) is 5.92 Å². The lowest BCUT2D eigenvalue weighted by molar-refractivity contribution is 0.188. The number of fused-ring (bicyclic) bond motifs is 4. The number of nitrogens with two attached hydrogens (primary N) is 1. The van der Waals surface area contributed by atoms with Gasteiger partial charge < -0.3 is 20.1 Å². The van der Waals surface area contributed by atoms with Crippen LogP contribution < -0.4 is 5.73 Å². The molecule has 31 heavy (non-hydrogen) atoms. The molecule has 0 saturated carbocycles. The Hall–Kier alpha value is -3.44. The second kappa shape index (κ2) is 6.79. The van der Waals surface area contributed by atoms with Gasteiger partial charge in [0.2, 0.25) is 0 Å². The third kappa shape index (κ3) is 2.66. The standard InChI is InChI=1S/C26H26N4O/c1-28-14-20(18-6-2-4-8-23(18)28)21-15-29(31)16-22(21)26-19-7-3-5-9-24(19)30-11-10-17(13-27)12-25(26)30/h2-9,14-17,31H,10-13,27H2,1H3. The van der Waals surface area contributed by atoms with Crippen LogP contribution >= 0.6 is 0 Å². The van der Waals surface area contributed by atoms with Crippen molar-refractivity contribution in [3.05, 3.63) is 72.8 Å². The van der Waals surface area contributed by atoms with Crippen LogP contribution in [0.15, 0.2) is 67.1 Å². The Morgan fingerprint density at radius 1 is 0.903 bits per heavy atom. The van der Waals surface area contributed by atoms with Gasteiger partial charge in [-0.15, -0.1) is 0 Å². The van der Waals surface area contributed by atoms with Gasteiger partial charge in [0, 0.05) is 69.5 Å². The zero-order valence-electron chi connectivity index (χ0n) is 17.6. The highest BCUT2D eigenvalue weighted by Crippen LogP contribution is 2.44. The predicted molar refractivity (Wildman–Crippen MR) is 125 cm³/mol. The van der Waals surface area contributed by atoms with E-state index in [4.69, 9.17) is 5.73 Å². The Morgan fingerprint density at radius 2 is 1.61 bits per heavy atom. The van der Waals surface area contributed by atoms with Crippen LogP contribution in [0.3, 0.4) is 0 Å². The number of para-hydroxylation sites is 2. The summed E-state index contributed by atoms with van der Waals surface area (Å²) < 4.78 is 5.81. The Balaban J connectivity index is 1.66. The molecule has 1 aliphatic rings. The molecule has 3 N–H and O–H groups in total. The zero-order chi connectivity index (χ0) is 21.1. The molecule has 5 aromatic rings. The topological polar surface area (TPSA) is 61.0 Å². The molecule has 1 atom stereocenters. The fourth-order valence-electron chi connectivity index (χ4n) is 5.42. The second-order valence-corrected chi connectivity index (χ2v) is 8.72. The number of rotatable bonds is 3. The Morgan fingerprint density at radius 3 is 2.42 bits per heavy atom. The molecule has 4 heterocycles. The summed E-state index contributed by atoms with van der Waals surface area (Å²) in [4.78, 5) is 0. The van der Waals surface area contributed by atoms with E-state index in [0.29, 0.717) is 12.5 Å². The first-order chi connectivity index (χ1) is 15.2. The van der Waals surface area contributed by atoms with Gasteiger partial charge in [-0.25, -0.2) is 4.73 Å². The summed E-state index contributed by atoms with van der Waals surface area (Å²) in [5.41, 5.74) is 14.3. The molecule has 2 aromatic carbocycles. The summed E-state index contributed by atoms with van der Waals surface area (Å²) in [5, 5.41) is 13.0. The molecule has 0 amide bonds. The van der Waals surface area contributed by atoms with Crippen molar-refractivity contribution in [3.8, 4) is 22.3 Å². The van der Waals surface area contributed by atoms with Crippen molar-refractivity contribution in [1.29, 1.82) is 0 Å². The normalized spacial score (nSPS) is 16.3. The van der Waals surface area contributed by atoms with Crippen LogP contribution in [-0.2, 0) is 20.0 Å². The molecule has 5 nitrogen and oxygen atoms in total. The van der Waals surface area contributed by atoms with E-state index in [0.717, 1.165) is 36.1 Å². The molecular formula is C26H26N4O. The quantitative estimate of drug-likeness (QED) is 0.410. The van der Waals surface area contributed by atoms with Crippen molar-refractivity contribution < 1.29 is 5.21 Å². The van der Waals surface area contributed by atoms with E-state index in [1.54, 1.807) is 0 Å². The Labute approximate surface area is 180 Å². The lowest BCUT2D eigenvalue weighted by Gasteiger charge is -2.24. The fraction of sp³-hybridized carbons (Fsp3) is 0.231. The zero-order valence-corrected chi connectivity index (χ0v) is 17.6. The average molecular weight is 411 g/mol. The van der Waals surface area contributed by atoms with Crippen molar-refractivity contribution in [3.63, 3.8) is 0 Å². The van der Waals surface area contributed by atoms with Gasteiger partial charge in [-0.1, -0.05) is 36.4 Å². The minimum absolute atomic E-state index is 0.493. The smallest absolute Gasteiger partial charge is 0.0517 e. The van der Waals surface area contributed by atoms with Crippen LogP contribution in [0.2, 0.25) is 0 Å². The highest BCUT2D eigenvalue weighted by atomic mass is 16.5. The third-order valence-electron chi connectivity index (χ3n) is 6.92. The molecule has 3 aromatic heterocycles. The van der Waals surface area contributed by atoms with E-state index < -0.39 is 0 Å². The Kier molecular flexibility index (Phi) is 4.02. The molecule has 0 saturated heterocycles. The van der Waals surface area contributed by atoms with Gasteiger partial charge in [0.05, 0.1) is 12.4 Å². The number of hydrogen-bond acceptors (Lipinski definition) is 2. The van der Waals surface area contributed by atoms with Gasteiger partial charge in [0.15, 0.2) is 0 Å². The van der Waals surface area contributed by atoms with E-state index in [2.05, 4.69) is 70.9 Å². The van der Waals surface area contributed by atoms with E-state index in [1.807, 2.05) is 12.4 Å². The van der Waals surface area contributed by atoms with Crippen molar-refractivity contribution in [1.82, 2.24) is 13.9 Å². The first-order valence-electron chi connectivity index (χ1n) is 10.9. The number of nitrogens with zero attached hydrogens (tertiary/aromatic N) is 3. The maximum Gasteiger partial charge on any atom is 0.0517 e. The van der Waals surface area contributed by atoms with Crippen LogP contribution in [0.25, 0.3) is 44.1 Å². The van der Waals surface area contributed by atoms with Gasteiger partial charge in [0.25, 0.3) is 0 Å². The molecule has 0 bridgehead atoms. The molecule has 6 rings (SSSR count). The lowest BCUT2D eigenvalue weighted by atomic mass is 9.90. The molecule has 0 fully saturated rings. The molecule has 0 radical (unpaired) electrons. The number of hydrogen-bond donors (Lipinski definition) is 2. The first-order valence-corrected chi connectivity index (χ1v) is 10.9. The first kappa shape index (κ1) is 18.3. The summed E-state index contributed by atoms with van der Waals surface area (Å²) in [6, 6.07) is 17.0. The maximum absolute atomic E-state index is 10.5. The summed E-state index contributed by atoms with van der Waals surface area (Å²) in [6.45, 7) is 1.69.